The molecule has 3 aromatic rings. The van der Waals surface area contributed by atoms with Gasteiger partial charge in [-0.25, -0.2) is 14.6 Å². The van der Waals surface area contributed by atoms with Gasteiger partial charge in [-0.15, -0.1) is 0 Å². The van der Waals surface area contributed by atoms with Crippen LogP contribution in [0.1, 0.15) is 5.56 Å². The zero-order valence-corrected chi connectivity index (χ0v) is 16.5. The maximum absolute atomic E-state index is 10.9. The second-order valence-corrected chi connectivity index (χ2v) is 6.22. The summed E-state index contributed by atoms with van der Waals surface area (Å²) in [6.07, 6.45) is 1.62. The molecule has 0 aliphatic rings. The monoisotopic (exact) mass is 443 g/mol. The molecule has 0 atom stereocenters. The number of nitrogens with zero attached hydrogens (tertiary/aromatic N) is 4. The predicted molar refractivity (Wildman–Crippen MR) is 111 cm³/mol. The van der Waals surface area contributed by atoms with Gasteiger partial charge in [-0.2, -0.15) is 0 Å². The summed E-state index contributed by atoms with van der Waals surface area (Å²) >= 11 is 0. The Labute approximate surface area is 179 Å². The van der Waals surface area contributed by atoms with E-state index in [4.69, 9.17) is 19.8 Å². The molecule has 0 amide bonds. The molecule has 13 nitrogen and oxygen atoms in total. The van der Waals surface area contributed by atoms with Gasteiger partial charge in [0, 0.05) is 43.4 Å². The van der Waals surface area contributed by atoms with Gasteiger partial charge in [-0.1, -0.05) is 24.3 Å². The quantitative estimate of drug-likeness (QED) is 0.290. The van der Waals surface area contributed by atoms with Crippen LogP contribution >= 0.6 is 0 Å². The first-order valence-electron chi connectivity index (χ1n) is 8.80. The molecule has 3 rings (SSSR count). The zero-order chi connectivity index (χ0) is 23.8. The van der Waals surface area contributed by atoms with Gasteiger partial charge in [0.05, 0.1) is 21.7 Å². The Morgan fingerprint density at radius 3 is 2.12 bits per heavy atom. The number of imidazole rings is 1. The van der Waals surface area contributed by atoms with Gasteiger partial charge in [-0.05, 0) is 5.56 Å². The Balaban J connectivity index is 0.000000534. The van der Waals surface area contributed by atoms with Crippen molar-refractivity contribution in [1.29, 1.82) is 0 Å². The van der Waals surface area contributed by atoms with E-state index in [1.165, 1.54) is 24.3 Å². The Morgan fingerprint density at radius 1 is 1.00 bits per heavy atom. The lowest BCUT2D eigenvalue weighted by Crippen LogP contribution is -2.09. The summed E-state index contributed by atoms with van der Waals surface area (Å²) < 4.78 is 1.77. The molecular weight excluding hydrogens is 426 g/mol. The number of carboxylic acids is 2. The SMILES string of the molecule is Cn1c(-c2cccc([N+](=O)[O-])c2)cnc1NCc1cccc([N+](=O)[O-])c1.O=C(O)C(=O)O. The van der Waals surface area contributed by atoms with Gasteiger partial charge in [-0.3, -0.25) is 20.2 Å². The fraction of sp³-hybridized carbons (Fsp3) is 0.105. The molecule has 0 spiro atoms. The maximum Gasteiger partial charge on any atom is 0.414 e. The molecule has 0 radical (unpaired) electrons. The van der Waals surface area contributed by atoms with Gasteiger partial charge in [0.25, 0.3) is 11.4 Å². The van der Waals surface area contributed by atoms with Crippen molar-refractivity contribution in [2.24, 2.45) is 7.05 Å². The standard InChI is InChI=1S/C17H15N5O4.C2H2O4/c1-20-16(13-5-3-7-15(9-13)22(25)26)11-19-17(20)18-10-12-4-2-6-14(8-12)21(23)24;3-1(4)2(5)6/h2-9,11H,10H2,1H3,(H,18,19);(H,3,4)(H,5,6). The van der Waals surface area contributed by atoms with Gasteiger partial charge in [0.15, 0.2) is 0 Å². The highest BCUT2D eigenvalue weighted by Crippen LogP contribution is 2.25. The summed E-state index contributed by atoms with van der Waals surface area (Å²) in [5.74, 6) is -3.09. The van der Waals surface area contributed by atoms with Gasteiger partial charge in [0.1, 0.15) is 0 Å². The average molecular weight is 443 g/mol. The Bertz CT molecular complexity index is 1160. The third kappa shape index (κ3) is 6.09. The number of hydrogen-bond acceptors (Lipinski definition) is 8. The minimum absolute atomic E-state index is 0.00908. The molecule has 0 saturated carbocycles. The molecule has 13 heteroatoms. The van der Waals surface area contributed by atoms with E-state index in [1.807, 2.05) is 0 Å². The molecule has 0 aliphatic heterocycles. The second-order valence-electron chi connectivity index (χ2n) is 6.22. The number of hydrogen-bond donors (Lipinski definition) is 3. The van der Waals surface area contributed by atoms with Gasteiger partial charge >= 0.3 is 11.9 Å². The number of anilines is 1. The summed E-state index contributed by atoms with van der Waals surface area (Å²) in [6, 6.07) is 12.7. The molecule has 0 bridgehead atoms. The predicted octanol–water partition coefficient (Wildman–Crippen LogP) is 2.67. The van der Waals surface area contributed by atoms with Crippen molar-refractivity contribution in [2.75, 3.05) is 5.32 Å². The average Bonchev–Trinajstić information content (AvgIpc) is 3.13. The van der Waals surface area contributed by atoms with Crippen LogP contribution in [-0.2, 0) is 23.2 Å². The molecule has 32 heavy (non-hydrogen) atoms. The zero-order valence-electron chi connectivity index (χ0n) is 16.5. The molecule has 2 aromatic carbocycles. The highest BCUT2D eigenvalue weighted by Gasteiger charge is 2.13. The Kier molecular flexibility index (Phi) is 7.55. The third-order valence-electron chi connectivity index (χ3n) is 4.10. The maximum atomic E-state index is 10.9. The topological polar surface area (TPSA) is 191 Å². The lowest BCUT2D eigenvalue weighted by atomic mass is 10.1. The van der Waals surface area contributed by atoms with Gasteiger partial charge in [0.2, 0.25) is 5.95 Å². The number of nitro benzene ring substituents is 2. The highest BCUT2D eigenvalue weighted by atomic mass is 16.6. The van der Waals surface area contributed by atoms with Crippen molar-refractivity contribution < 1.29 is 29.6 Å². The van der Waals surface area contributed by atoms with Crippen LogP contribution in [0.3, 0.4) is 0 Å². The first-order valence-corrected chi connectivity index (χ1v) is 8.80. The van der Waals surface area contributed by atoms with E-state index >= 15 is 0 Å². The van der Waals surface area contributed by atoms with Crippen molar-refractivity contribution in [3.8, 4) is 11.3 Å². The number of nitrogens with one attached hydrogen (secondary N) is 1. The van der Waals surface area contributed by atoms with Gasteiger partial charge < -0.3 is 20.1 Å². The van der Waals surface area contributed by atoms with Crippen LogP contribution in [0, 0.1) is 20.2 Å². The van der Waals surface area contributed by atoms with Crippen LogP contribution in [0.2, 0.25) is 0 Å². The second kappa shape index (κ2) is 10.3. The van der Waals surface area contributed by atoms with E-state index in [-0.39, 0.29) is 11.4 Å². The van der Waals surface area contributed by atoms with Crippen molar-refractivity contribution >= 4 is 29.3 Å². The van der Waals surface area contributed by atoms with Crippen molar-refractivity contribution in [1.82, 2.24) is 9.55 Å². The number of aliphatic carboxylic acids is 2. The summed E-state index contributed by atoms with van der Waals surface area (Å²) in [4.78, 5) is 43.4. The highest BCUT2D eigenvalue weighted by molar-refractivity contribution is 6.27. The fourth-order valence-corrected chi connectivity index (χ4v) is 2.58. The fourth-order valence-electron chi connectivity index (χ4n) is 2.58. The van der Waals surface area contributed by atoms with Crippen molar-refractivity contribution in [3.05, 3.63) is 80.5 Å². The molecule has 166 valence electrons. The van der Waals surface area contributed by atoms with E-state index in [2.05, 4.69) is 10.3 Å². The smallest absolute Gasteiger partial charge is 0.414 e. The van der Waals surface area contributed by atoms with Crippen LogP contribution in [0.5, 0.6) is 0 Å². The summed E-state index contributed by atoms with van der Waals surface area (Å²) in [5.41, 5.74) is 2.18. The van der Waals surface area contributed by atoms with Crippen molar-refractivity contribution in [3.63, 3.8) is 0 Å². The molecule has 1 aromatic heterocycles. The van der Waals surface area contributed by atoms with Crippen LogP contribution in [-0.4, -0.2) is 41.5 Å². The minimum atomic E-state index is -1.82. The van der Waals surface area contributed by atoms with E-state index in [0.717, 1.165) is 11.3 Å². The number of nitro groups is 2. The van der Waals surface area contributed by atoms with Crippen LogP contribution in [0.4, 0.5) is 17.3 Å². The largest absolute Gasteiger partial charge is 0.473 e. The molecule has 0 saturated heterocycles. The number of aromatic nitrogens is 2. The molecule has 3 N–H and O–H groups in total. The van der Waals surface area contributed by atoms with E-state index in [1.54, 1.807) is 42.1 Å². The number of rotatable bonds is 6. The Hall–Kier alpha value is -4.81. The number of carbonyl (C=O) groups is 2. The molecular formula is C19H17N5O8. The molecule has 0 fully saturated rings. The van der Waals surface area contributed by atoms with Crippen LogP contribution < -0.4 is 5.32 Å². The first kappa shape index (κ1) is 23.5. The Morgan fingerprint density at radius 2 is 1.56 bits per heavy atom. The molecule has 0 aliphatic carbocycles. The molecule has 1 heterocycles. The lowest BCUT2D eigenvalue weighted by Gasteiger charge is -2.08. The first-order chi connectivity index (χ1) is 15.1. The number of non-ortho nitro benzene ring substituents is 2. The van der Waals surface area contributed by atoms with E-state index in [9.17, 15) is 20.2 Å². The van der Waals surface area contributed by atoms with Crippen LogP contribution in [0.25, 0.3) is 11.3 Å². The number of benzene rings is 2. The lowest BCUT2D eigenvalue weighted by molar-refractivity contribution is -0.385. The molecule has 0 unspecified atom stereocenters. The summed E-state index contributed by atoms with van der Waals surface area (Å²) in [6.45, 7) is 0.362. The minimum Gasteiger partial charge on any atom is -0.473 e. The summed E-state index contributed by atoms with van der Waals surface area (Å²) in [7, 11) is 1.79. The van der Waals surface area contributed by atoms with Crippen molar-refractivity contribution in [2.45, 2.75) is 6.54 Å². The van der Waals surface area contributed by atoms with E-state index < -0.39 is 21.8 Å². The third-order valence-corrected chi connectivity index (χ3v) is 4.10. The normalized spacial score (nSPS) is 9.91. The van der Waals surface area contributed by atoms with E-state index in [0.29, 0.717) is 18.1 Å². The van der Waals surface area contributed by atoms with Crippen LogP contribution in [0.15, 0.2) is 54.7 Å². The number of carboxylic acid groups (broad SMARTS) is 2. The summed E-state index contributed by atoms with van der Waals surface area (Å²) in [5, 5.41) is 39.7.